The summed E-state index contributed by atoms with van der Waals surface area (Å²) in [5.74, 6) is -1.81. The fraction of sp³-hybridized carbons (Fsp3) is 0.591. The predicted octanol–water partition coefficient (Wildman–Crippen LogP) is 3.48. The largest absolute Gasteiger partial charge is 0.500 e. The molecule has 0 N–H and O–H groups in total. The van der Waals surface area contributed by atoms with Gasteiger partial charge in [0, 0.05) is 49.5 Å². The van der Waals surface area contributed by atoms with Crippen molar-refractivity contribution >= 4 is 26.7 Å². The van der Waals surface area contributed by atoms with Crippen LogP contribution in [-0.4, -0.2) is 59.9 Å². The summed E-state index contributed by atoms with van der Waals surface area (Å²) in [6.07, 6.45) is -0.188. The Bertz CT molecular complexity index is 670. The van der Waals surface area contributed by atoms with Crippen LogP contribution >= 0.6 is 0 Å². The van der Waals surface area contributed by atoms with Gasteiger partial charge in [0.2, 0.25) is 6.29 Å². The Labute approximate surface area is 191 Å². The van der Waals surface area contributed by atoms with E-state index in [2.05, 4.69) is 19.7 Å². The second kappa shape index (κ2) is 14.7. The predicted molar refractivity (Wildman–Crippen MR) is 120 cm³/mol. The zero-order valence-electron chi connectivity index (χ0n) is 20.0. The molecular weight excluding hydrogens is 436 g/mol. The van der Waals surface area contributed by atoms with Crippen LogP contribution in [0.3, 0.4) is 0 Å². The molecule has 10 heteroatoms. The fourth-order valence-corrected chi connectivity index (χ4v) is 4.55. The molecule has 182 valence electrons. The van der Waals surface area contributed by atoms with Gasteiger partial charge in [-0.2, -0.15) is 0 Å². The maximum atomic E-state index is 11.9. The van der Waals surface area contributed by atoms with Gasteiger partial charge in [-0.15, -0.1) is 0 Å². The molecule has 32 heavy (non-hydrogen) atoms. The normalized spacial score (nSPS) is 12.1. The Morgan fingerprint density at radius 3 is 1.69 bits per heavy atom. The highest BCUT2D eigenvalue weighted by Crippen LogP contribution is 2.23. The third-order valence-corrected chi connectivity index (χ3v) is 7.11. The number of rotatable bonds is 16. The van der Waals surface area contributed by atoms with Crippen molar-refractivity contribution in [3.05, 3.63) is 36.5 Å². The molecule has 0 aliphatic heterocycles. The maximum absolute atomic E-state index is 11.9. The minimum absolute atomic E-state index is 0.0921. The molecule has 0 radical (unpaired) electrons. The van der Waals surface area contributed by atoms with Gasteiger partial charge in [0.05, 0.1) is 6.61 Å². The minimum atomic E-state index is -3.17. The molecule has 0 aromatic carbocycles. The molecule has 0 aromatic rings. The van der Waals surface area contributed by atoms with Gasteiger partial charge < -0.3 is 27.5 Å². The summed E-state index contributed by atoms with van der Waals surface area (Å²) in [5.41, 5.74) is 0.676. The van der Waals surface area contributed by atoms with Gasteiger partial charge in [-0.25, -0.2) is 14.4 Å². The van der Waals surface area contributed by atoms with Crippen molar-refractivity contribution in [1.29, 1.82) is 0 Å². The van der Waals surface area contributed by atoms with Gasteiger partial charge in [0.1, 0.15) is 0 Å². The first-order valence-electron chi connectivity index (χ1n) is 10.2. The van der Waals surface area contributed by atoms with Crippen LogP contribution in [-0.2, 0) is 41.9 Å². The van der Waals surface area contributed by atoms with E-state index in [1.165, 1.54) is 28.1 Å². The monoisotopic (exact) mass is 472 g/mol. The maximum Gasteiger partial charge on any atom is 0.500 e. The van der Waals surface area contributed by atoms with Crippen LogP contribution in [0.1, 0.15) is 47.0 Å². The Balaban J connectivity index is 4.99. The average molecular weight is 473 g/mol. The molecule has 0 bridgehead atoms. The van der Waals surface area contributed by atoms with Crippen molar-refractivity contribution in [2.24, 2.45) is 0 Å². The van der Waals surface area contributed by atoms with E-state index in [1.807, 2.05) is 6.92 Å². The lowest BCUT2D eigenvalue weighted by atomic mass is 10.2. The Hall–Kier alpha value is -2.27. The summed E-state index contributed by atoms with van der Waals surface area (Å²) >= 11 is 0. The summed E-state index contributed by atoms with van der Waals surface area (Å²) in [6, 6.07) is 0.215. The molecule has 0 rings (SSSR count). The summed E-state index contributed by atoms with van der Waals surface area (Å²) in [7, 11) is -0.247. The van der Waals surface area contributed by atoms with Crippen molar-refractivity contribution in [1.82, 2.24) is 0 Å². The van der Waals surface area contributed by atoms with Gasteiger partial charge in [-0.05, 0) is 40.5 Å². The van der Waals surface area contributed by atoms with Crippen LogP contribution in [0.5, 0.6) is 0 Å². The lowest BCUT2D eigenvalue weighted by Crippen LogP contribution is -2.47. The number of carbonyl (C=O) groups excluding carboxylic acids is 3. The molecule has 0 saturated carbocycles. The summed E-state index contributed by atoms with van der Waals surface area (Å²) < 4.78 is 32.7. The molecule has 0 heterocycles. The lowest BCUT2D eigenvalue weighted by molar-refractivity contribution is -0.183. The number of ether oxygens (including phenoxy) is 3. The first-order valence-corrected chi connectivity index (χ1v) is 12.1. The Morgan fingerprint density at radius 2 is 1.28 bits per heavy atom. The van der Waals surface area contributed by atoms with Crippen LogP contribution < -0.4 is 0 Å². The molecular formula is C22H36O9Si. The van der Waals surface area contributed by atoms with E-state index in [1.54, 1.807) is 6.92 Å². The average Bonchev–Trinajstić information content (AvgIpc) is 2.73. The quantitative estimate of drug-likeness (QED) is 0.110. The lowest BCUT2D eigenvalue weighted by Gasteiger charge is -2.30. The van der Waals surface area contributed by atoms with Gasteiger partial charge >= 0.3 is 26.7 Å². The van der Waals surface area contributed by atoms with Crippen molar-refractivity contribution in [3.63, 3.8) is 0 Å². The molecule has 0 aliphatic carbocycles. The third-order valence-electron chi connectivity index (χ3n) is 4.20. The number of hydrogen-bond acceptors (Lipinski definition) is 9. The van der Waals surface area contributed by atoms with Gasteiger partial charge in [0.25, 0.3) is 0 Å². The van der Waals surface area contributed by atoms with Crippen LogP contribution in [0.2, 0.25) is 6.04 Å². The molecule has 1 atom stereocenters. The number of esters is 3. The fourth-order valence-electron chi connectivity index (χ4n) is 2.34. The Kier molecular flexibility index (Phi) is 13.7. The molecule has 1 unspecified atom stereocenters. The molecule has 9 nitrogen and oxygen atoms in total. The number of hydrogen-bond donors (Lipinski definition) is 0. The zero-order chi connectivity index (χ0) is 24.9. The summed E-state index contributed by atoms with van der Waals surface area (Å²) in [6.45, 7) is 17.2. The van der Waals surface area contributed by atoms with E-state index in [-0.39, 0.29) is 36.3 Å². The first-order chi connectivity index (χ1) is 14.9. The zero-order valence-corrected chi connectivity index (χ0v) is 21.0. The van der Waals surface area contributed by atoms with E-state index >= 15 is 0 Å². The highest BCUT2D eigenvalue weighted by atomic mass is 28.4. The van der Waals surface area contributed by atoms with Crippen molar-refractivity contribution in [2.75, 3.05) is 20.8 Å². The van der Waals surface area contributed by atoms with Gasteiger partial charge in [-0.3, -0.25) is 0 Å². The summed E-state index contributed by atoms with van der Waals surface area (Å²) in [4.78, 5) is 35.3. The van der Waals surface area contributed by atoms with Crippen LogP contribution in [0, 0.1) is 0 Å². The van der Waals surface area contributed by atoms with Gasteiger partial charge in [0.15, 0.2) is 0 Å². The molecule has 0 spiro atoms. The second-order valence-corrected chi connectivity index (χ2v) is 10.3. The minimum Gasteiger partial charge on any atom is -0.462 e. The SMILES string of the molecule is C=C(C)C(=O)OCCCC(C)O[Si](CCC(OC(=O)C(=C)C)OC(=O)C(=C)C)(OC)OC. The van der Waals surface area contributed by atoms with E-state index in [0.29, 0.717) is 18.4 Å². The molecule has 0 aromatic heterocycles. The number of carbonyl (C=O) groups is 3. The van der Waals surface area contributed by atoms with E-state index in [0.717, 1.165) is 0 Å². The standard InChI is InChI=1S/C22H36O9Si/c1-15(2)20(23)28-13-10-11-18(7)31-32(26-8,27-9)14-12-19(29-21(24)16(3)4)30-22(25)17(5)6/h18-19H,1,3,5,10-14H2,2,4,6-9H3. The van der Waals surface area contributed by atoms with Crippen LogP contribution in [0.15, 0.2) is 36.5 Å². The van der Waals surface area contributed by atoms with E-state index in [9.17, 15) is 14.4 Å². The Morgan fingerprint density at radius 1 is 0.812 bits per heavy atom. The van der Waals surface area contributed by atoms with Crippen LogP contribution in [0.4, 0.5) is 0 Å². The van der Waals surface area contributed by atoms with Crippen molar-refractivity contribution in [3.8, 4) is 0 Å². The topological polar surface area (TPSA) is 107 Å². The van der Waals surface area contributed by atoms with Gasteiger partial charge in [-0.1, -0.05) is 19.7 Å². The van der Waals surface area contributed by atoms with Crippen molar-refractivity contribution < 1.29 is 41.9 Å². The second-order valence-electron chi connectivity index (χ2n) is 7.42. The first kappa shape index (κ1) is 29.7. The van der Waals surface area contributed by atoms with E-state index in [4.69, 9.17) is 27.5 Å². The third kappa shape index (κ3) is 11.4. The molecule has 0 saturated heterocycles. The van der Waals surface area contributed by atoms with Crippen LogP contribution in [0.25, 0.3) is 0 Å². The van der Waals surface area contributed by atoms with E-state index < -0.39 is 33.0 Å². The molecule has 0 aliphatic rings. The highest BCUT2D eigenvalue weighted by molar-refractivity contribution is 6.60. The van der Waals surface area contributed by atoms with Crippen molar-refractivity contribution in [2.45, 2.75) is 65.4 Å². The summed E-state index contributed by atoms with van der Waals surface area (Å²) in [5, 5.41) is 0. The molecule has 0 fully saturated rings. The highest BCUT2D eigenvalue weighted by Gasteiger charge is 2.42. The molecule has 0 amide bonds. The smallest absolute Gasteiger partial charge is 0.462 e.